The first-order valence-corrected chi connectivity index (χ1v) is 8.73. The Bertz CT molecular complexity index is 833. The molecular weight excluding hydrogens is 328 g/mol. The van der Waals surface area contributed by atoms with Crippen molar-refractivity contribution in [3.8, 4) is 0 Å². The number of amides is 1. The predicted molar refractivity (Wildman–Crippen MR) is 97.9 cm³/mol. The summed E-state index contributed by atoms with van der Waals surface area (Å²) in [5.41, 5.74) is 2.83. The lowest BCUT2D eigenvalue weighted by Gasteiger charge is -2.31. The second kappa shape index (κ2) is 7.04. The second-order valence-corrected chi connectivity index (χ2v) is 6.59. The van der Waals surface area contributed by atoms with Crippen LogP contribution in [0.2, 0.25) is 0 Å². The molecule has 5 nitrogen and oxygen atoms in total. The Kier molecular flexibility index (Phi) is 4.44. The van der Waals surface area contributed by atoms with E-state index in [-0.39, 0.29) is 24.5 Å². The number of carbonyl (C=O) groups is 2. The van der Waals surface area contributed by atoms with E-state index in [1.807, 2.05) is 60.7 Å². The van der Waals surface area contributed by atoms with Gasteiger partial charge in [0.25, 0.3) is 0 Å². The van der Waals surface area contributed by atoms with Crippen LogP contribution in [0.25, 0.3) is 5.70 Å². The molecule has 132 valence electrons. The zero-order chi connectivity index (χ0) is 17.9. The topological polar surface area (TPSA) is 49.9 Å². The number of hydrogen-bond acceptors (Lipinski definition) is 4. The van der Waals surface area contributed by atoms with Gasteiger partial charge in [-0.25, -0.2) is 4.79 Å². The quantitative estimate of drug-likeness (QED) is 0.854. The van der Waals surface area contributed by atoms with Gasteiger partial charge in [-0.1, -0.05) is 60.7 Å². The van der Waals surface area contributed by atoms with Crippen molar-refractivity contribution in [1.82, 2.24) is 9.80 Å². The summed E-state index contributed by atoms with van der Waals surface area (Å²) in [5, 5.41) is 0. The fourth-order valence-corrected chi connectivity index (χ4v) is 3.49. The van der Waals surface area contributed by atoms with Crippen LogP contribution < -0.4 is 0 Å². The third-order valence-corrected chi connectivity index (χ3v) is 4.77. The molecule has 1 amide bonds. The molecule has 0 bridgehead atoms. The van der Waals surface area contributed by atoms with Crippen LogP contribution in [0.15, 0.2) is 66.7 Å². The van der Waals surface area contributed by atoms with Gasteiger partial charge in [-0.05, 0) is 11.1 Å². The minimum Gasteiger partial charge on any atom is -0.445 e. The van der Waals surface area contributed by atoms with Crippen molar-refractivity contribution in [2.24, 2.45) is 0 Å². The van der Waals surface area contributed by atoms with Crippen LogP contribution in [0.3, 0.4) is 0 Å². The molecule has 0 unspecified atom stereocenters. The number of ether oxygens (including phenoxy) is 1. The highest BCUT2D eigenvalue weighted by molar-refractivity contribution is 5.98. The van der Waals surface area contributed by atoms with Gasteiger partial charge in [0.05, 0.1) is 12.7 Å². The highest BCUT2D eigenvalue weighted by Gasteiger charge is 2.38. The first kappa shape index (κ1) is 16.4. The molecule has 2 aromatic rings. The maximum Gasteiger partial charge on any atom is 0.411 e. The molecule has 0 aliphatic carbocycles. The number of hydrogen-bond donors (Lipinski definition) is 0. The van der Waals surface area contributed by atoms with Crippen molar-refractivity contribution in [2.45, 2.75) is 19.1 Å². The van der Waals surface area contributed by atoms with Crippen molar-refractivity contribution >= 4 is 17.6 Å². The molecule has 0 N–H and O–H groups in total. The molecule has 0 aromatic heterocycles. The summed E-state index contributed by atoms with van der Waals surface area (Å²) in [4.78, 5) is 28.4. The number of fused-ring (bicyclic) bond motifs is 1. The molecular formula is C21H20N2O3. The Balaban J connectivity index is 1.45. The Morgan fingerprint density at radius 2 is 1.73 bits per heavy atom. The van der Waals surface area contributed by atoms with Crippen LogP contribution in [0.4, 0.5) is 4.79 Å². The molecule has 26 heavy (non-hydrogen) atoms. The molecule has 5 heteroatoms. The van der Waals surface area contributed by atoms with E-state index in [2.05, 4.69) is 4.90 Å². The fourth-order valence-electron chi connectivity index (χ4n) is 3.49. The highest BCUT2D eigenvalue weighted by Crippen LogP contribution is 2.32. The smallest absolute Gasteiger partial charge is 0.411 e. The van der Waals surface area contributed by atoms with Crippen molar-refractivity contribution in [3.05, 3.63) is 77.9 Å². The second-order valence-electron chi connectivity index (χ2n) is 6.59. The standard InChI is InChI=1S/C21H20N2O3/c24-19-11-18-13-22(21(25)26-14-16-7-3-1-4-8-16)15-23(18)20(12-19)17-9-5-2-6-10-17/h1-10,12,18H,11,13-15H2/t18-/m0/s1. The minimum atomic E-state index is -0.344. The average Bonchev–Trinajstić information content (AvgIpc) is 3.11. The summed E-state index contributed by atoms with van der Waals surface area (Å²) < 4.78 is 5.44. The third kappa shape index (κ3) is 3.33. The van der Waals surface area contributed by atoms with Gasteiger partial charge in [0.2, 0.25) is 0 Å². The van der Waals surface area contributed by atoms with Gasteiger partial charge < -0.3 is 9.64 Å². The summed E-state index contributed by atoms with van der Waals surface area (Å²) in [6.07, 6.45) is 1.77. The van der Waals surface area contributed by atoms with E-state index in [9.17, 15) is 9.59 Å². The van der Waals surface area contributed by atoms with Gasteiger partial charge in [-0.2, -0.15) is 0 Å². The van der Waals surface area contributed by atoms with E-state index < -0.39 is 0 Å². The maximum absolute atomic E-state index is 12.5. The molecule has 0 spiro atoms. The molecule has 2 aromatic carbocycles. The van der Waals surface area contributed by atoms with E-state index in [0.717, 1.165) is 16.8 Å². The first-order valence-electron chi connectivity index (χ1n) is 8.73. The summed E-state index contributed by atoms with van der Waals surface area (Å²) in [6, 6.07) is 19.4. The van der Waals surface area contributed by atoms with Crippen molar-refractivity contribution < 1.29 is 14.3 Å². The molecule has 0 saturated carbocycles. The summed E-state index contributed by atoms with van der Waals surface area (Å²) >= 11 is 0. The normalized spacial score (nSPS) is 19.2. The van der Waals surface area contributed by atoms with Gasteiger partial charge in [-0.3, -0.25) is 9.69 Å². The third-order valence-electron chi connectivity index (χ3n) is 4.77. The molecule has 2 aliphatic rings. The maximum atomic E-state index is 12.5. The van der Waals surface area contributed by atoms with Crippen LogP contribution in [0.1, 0.15) is 17.5 Å². The first-order chi connectivity index (χ1) is 12.7. The van der Waals surface area contributed by atoms with Gasteiger partial charge in [0.15, 0.2) is 5.78 Å². The number of ketones is 1. The SMILES string of the molecule is O=C1C=C(c2ccccc2)N2CN(C(=O)OCc3ccccc3)C[C@@H]2C1. The Morgan fingerprint density at radius 1 is 1.04 bits per heavy atom. The van der Waals surface area contributed by atoms with Gasteiger partial charge in [0.1, 0.15) is 6.61 Å². The van der Waals surface area contributed by atoms with Crippen molar-refractivity contribution in [3.63, 3.8) is 0 Å². The molecule has 2 aliphatic heterocycles. The lowest BCUT2D eigenvalue weighted by molar-refractivity contribution is -0.115. The van der Waals surface area contributed by atoms with Gasteiger partial charge in [-0.15, -0.1) is 0 Å². The van der Waals surface area contributed by atoms with Gasteiger partial charge >= 0.3 is 6.09 Å². The van der Waals surface area contributed by atoms with E-state index in [1.165, 1.54) is 0 Å². The zero-order valence-corrected chi connectivity index (χ0v) is 14.4. The van der Waals surface area contributed by atoms with Crippen LogP contribution in [-0.2, 0) is 16.1 Å². The van der Waals surface area contributed by atoms with E-state index in [0.29, 0.717) is 19.6 Å². The molecule has 2 heterocycles. The summed E-state index contributed by atoms with van der Waals surface area (Å²) in [7, 11) is 0. The van der Waals surface area contributed by atoms with Gasteiger partial charge in [0, 0.05) is 24.7 Å². The largest absolute Gasteiger partial charge is 0.445 e. The van der Waals surface area contributed by atoms with Crippen LogP contribution >= 0.6 is 0 Å². The highest BCUT2D eigenvalue weighted by atomic mass is 16.6. The molecule has 4 rings (SSSR count). The molecule has 1 saturated heterocycles. The molecule has 1 atom stereocenters. The average molecular weight is 348 g/mol. The Labute approximate surface area is 152 Å². The number of carbonyl (C=O) groups excluding carboxylic acids is 2. The monoisotopic (exact) mass is 348 g/mol. The van der Waals surface area contributed by atoms with Crippen LogP contribution in [-0.4, -0.2) is 40.9 Å². The molecule has 0 radical (unpaired) electrons. The van der Waals surface area contributed by atoms with Crippen molar-refractivity contribution in [2.75, 3.05) is 13.2 Å². The Hall–Kier alpha value is -3.08. The van der Waals surface area contributed by atoms with E-state index in [1.54, 1.807) is 11.0 Å². The predicted octanol–water partition coefficient (Wildman–Crippen LogP) is 3.28. The minimum absolute atomic E-state index is 0.00646. The fraction of sp³-hybridized carbons (Fsp3) is 0.238. The number of nitrogens with zero attached hydrogens (tertiary/aromatic N) is 2. The number of benzene rings is 2. The van der Waals surface area contributed by atoms with Crippen LogP contribution in [0, 0.1) is 0 Å². The van der Waals surface area contributed by atoms with E-state index in [4.69, 9.17) is 4.74 Å². The van der Waals surface area contributed by atoms with Crippen molar-refractivity contribution in [1.29, 1.82) is 0 Å². The summed E-state index contributed by atoms with van der Waals surface area (Å²) in [5.74, 6) is 0.101. The lowest BCUT2D eigenvalue weighted by Crippen LogP contribution is -2.35. The Morgan fingerprint density at radius 3 is 2.46 bits per heavy atom. The number of allylic oxidation sites excluding steroid dienone is 1. The lowest BCUT2D eigenvalue weighted by atomic mass is 10.00. The summed E-state index contributed by atoms with van der Waals surface area (Å²) in [6.45, 7) is 1.19. The van der Waals surface area contributed by atoms with Crippen LogP contribution in [0.5, 0.6) is 0 Å². The number of rotatable bonds is 3. The van der Waals surface area contributed by atoms with E-state index >= 15 is 0 Å². The zero-order valence-electron chi connectivity index (χ0n) is 14.4. The molecule has 1 fully saturated rings.